The van der Waals surface area contributed by atoms with Gasteiger partial charge in [0.1, 0.15) is 0 Å². The summed E-state index contributed by atoms with van der Waals surface area (Å²) in [5.74, 6) is 0. The van der Waals surface area contributed by atoms with Crippen LogP contribution in [-0.4, -0.2) is 4.57 Å². The Morgan fingerprint density at radius 3 is 1.81 bits per heavy atom. The van der Waals surface area contributed by atoms with Gasteiger partial charge in [-0.15, -0.1) is 0 Å². The van der Waals surface area contributed by atoms with E-state index >= 15 is 0 Å². The molecule has 7 aromatic carbocycles. The lowest BCUT2D eigenvalue weighted by Gasteiger charge is -2.26. The highest BCUT2D eigenvalue weighted by atomic mass is 15.1. The van der Waals surface area contributed by atoms with Crippen LogP contribution in [0.4, 0.5) is 17.1 Å². The van der Waals surface area contributed by atoms with Gasteiger partial charge < -0.3 is 9.47 Å². The molecule has 0 atom stereocenters. The molecule has 0 radical (unpaired) electrons. The second-order valence-electron chi connectivity index (χ2n) is 12.5. The second-order valence-corrected chi connectivity index (χ2v) is 12.5. The quantitative estimate of drug-likeness (QED) is 0.181. The molecule has 9 rings (SSSR count). The van der Waals surface area contributed by atoms with Gasteiger partial charge in [0.25, 0.3) is 0 Å². The maximum Gasteiger partial charge on any atom is 0.0616 e. The maximum absolute atomic E-state index is 2.51. The SMILES string of the molecule is C1=Cc2c(n(-c3ccc(N(c4ccccc4)c4ccc(-c5cccc(-c6ccccc6)c5)cc4)cc3)c3c2ccc2ccccc23)CC1. The van der Waals surface area contributed by atoms with Crippen molar-refractivity contribution in [1.82, 2.24) is 4.57 Å². The van der Waals surface area contributed by atoms with Crippen LogP contribution in [0.25, 0.3) is 55.7 Å². The zero-order chi connectivity index (χ0) is 31.9. The Morgan fingerprint density at radius 2 is 1.06 bits per heavy atom. The Morgan fingerprint density at radius 1 is 0.458 bits per heavy atom. The first-order valence-corrected chi connectivity index (χ1v) is 16.7. The zero-order valence-electron chi connectivity index (χ0n) is 26.6. The largest absolute Gasteiger partial charge is 0.312 e. The average Bonchev–Trinajstić information content (AvgIpc) is 3.51. The van der Waals surface area contributed by atoms with Gasteiger partial charge in [-0.05, 0) is 95.1 Å². The van der Waals surface area contributed by atoms with Gasteiger partial charge in [0.15, 0.2) is 0 Å². The molecule has 228 valence electrons. The van der Waals surface area contributed by atoms with Crippen molar-refractivity contribution in [2.45, 2.75) is 12.8 Å². The fourth-order valence-electron chi connectivity index (χ4n) is 7.35. The third kappa shape index (κ3) is 4.90. The summed E-state index contributed by atoms with van der Waals surface area (Å²) in [6.07, 6.45) is 6.73. The molecule has 0 spiro atoms. The molecule has 0 saturated heterocycles. The highest BCUT2D eigenvalue weighted by molar-refractivity contribution is 6.10. The van der Waals surface area contributed by atoms with E-state index in [1.54, 1.807) is 0 Å². The molecule has 0 aliphatic heterocycles. The summed E-state index contributed by atoms with van der Waals surface area (Å²) >= 11 is 0. The van der Waals surface area contributed by atoms with Gasteiger partial charge in [-0.3, -0.25) is 0 Å². The van der Waals surface area contributed by atoms with Crippen molar-refractivity contribution in [1.29, 1.82) is 0 Å². The molecule has 0 N–H and O–H groups in total. The van der Waals surface area contributed by atoms with E-state index in [2.05, 4.69) is 191 Å². The first-order valence-electron chi connectivity index (χ1n) is 16.7. The lowest BCUT2D eigenvalue weighted by Crippen LogP contribution is -2.10. The second kappa shape index (κ2) is 11.9. The molecule has 1 heterocycles. The fraction of sp³-hybridized carbons (Fsp3) is 0.0435. The standard InChI is InChI=1S/C46H34N2/c1-3-12-33(13-4-1)36-15-11-16-37(32-36)34-22-25-39(26-23-34)47(38-17-5-2-6-18-38)40-27-29-41(30-28-40)48-45-21-10-9-20-43(45)44-31-24-35-14-7-8-19-42(35)46(44)48/h1-9,11-20,22-32H,10,21H2. The Kier molecular flexibility index (Phi) is 6.98. The van der Waals surface area contributed by atoms with Crippen LogP contribution in [0.5, 0.6) is 0 Å². The van der Waals surface area contributed by atoms with Crippen molar-refractivity contribution in [2.24, 2.45) is 0 Å². The molecule has 0 saturated carbocycles. The van der Waals surface area contributed by atoms with Crippen LogP contribution in [0.3, 0.4) is 0 Å². The summed E-state index contributed by atoms with van der Waals surface area (Å²) in [7, 11) is 0. The molecular formula is C46H34N2. The Hall–Kier alpha value is -6.12. The number of aromatic nitrogens is 1. The fourth-order valence-corrected chi connectivity index (χ4v) is 7.35. The zero-order valence-corrected chi connectivity index (χ0v) is 26.6. The minimum Gasteiger partial charge on any atom is -0.312 e. The molecule has 0 unspecified atom stereocenters. The summed E-state index contributed by atoms with van der Waals surface area (Å²) in [6.45, 7) is 0. The molecule has 1 aliphatic rings. The molecule has 1 aromatic heterocycles. The van der Waals surface area contributed by atoms with Crippen LogP contribution >= 0.6 is 0 Å². The predicted molar refractivity (Wildman–Crippen MR) is 204 cm³/mol. The Balaban J connectivity index is 1.11. The van der Waals surface area contributed by atoms with E-state index in [1.165, 1.54) is 60.9 Å². The van der Waals surface area contributed by atoms with Gasteiger partial charge in [0.05, 0.1) is 5.52 Å². The number of anilines is 3. The summed E-state index contributed by atoms with van der Waals surface area (Å²) in [4.78, 5) is 2.34. The van der Waals surface area contributed by atoms with Crippen molar-refractivity contribution in [3.8, 4) is 27.9 Å². The molecule has 0 bridgehead atoms. The number of fused-ring (bicyclic) bond motifs is 5. The summed E-state index contributed by atoms with van der Waals surface area (Å²) in [5.41, 5.74) is 13.5. The van der Waals surface area contributed by atoms with Crippen LogP contribution in [0, 0.1) is 0 Å². The lowest BCUT2D eigenvalue weighted by molar-refractivity contribution is 0.889. The topological polar surface area (TPSA) is 8.17 Å². The highest BCUT2D eigenvalue weighted by Crippen LogP contribution is 2.40. The molecule has 0 fully saturated rings. The molecule has 2 heteroatoms. The van der Waals surface area contributed by atoms with Crippen LogP contribution in [0.1, 0.15) is 17.7 Å². The number of allylic oxidation sites excluding steroid dienone is 1. The van der Waals surface area contributed by atoms with Crippen LogP contribution < -0.4 is 4.90 Å². The minimum absolute atomic E-state index is 1.04. The van der Waals surface area contributed by atoms with Gasteiger partial charge >= 0.3 is 0 Å². The monoisotopic (exact) mass is 614 g/mol. The predicted octanol–water partition coefficient (Wildman–Crippen LogP) is 12.5. The average molecular weight is 615 g/mol. The number of nitrogens with zero attached hydrogens (tertiary/aromatic N) is 2. The Labute approximate surface area is 281 Å². The number of hydrogen-bond donors (Lipinski definition) is 0. The molecule has 0 amide bonds. The third-order valence-electron chi connectivity index (χ3n) is 9.64. The number of para-hydroxylation sites is 1. The van der Waals surface area contributed by atoms with E-state index < -0.39 is 0 Å². The first kappa shape index (κ1) is 28.1. The van der Waals surface area contributed by atoms with Crippen molar-refractivity contribution in [3.63, 3.8) is 0 Å². The molecule has 8 aromatic rings. The Bertz CT molecular complexity index is 2420. The van der Waals surface area contributed by atoms with E-state index in [0.29, 0.717) is 0 Å². The van der Waals surface area contributed by atoms with Gasteiger partial charge in [-0.2, -0.15) is 0 Å². The lowest BCUT2D eigenvalue weighted by atomic mass is 9.99. The molecule has 2 nitrogen and oxygen atoms in total. The number of hydrogen-bond acceptors (Lipinski definition) is 1. The van der Waals surface area contributed by atoms with Gasteiger partial charge in [0, 0.05) is 44.8 Å². The number of benzene rings is 7. The van der Waals surface area contributed by atoms with Crippen LogP contribution in [-0.2, 0) is 6.42 Å². The first-order chi connectivity index (χ1) is 23.8. The van der Waals surface area contributed by atoms with E-state index in [0.717, 1.165) is 29.9 Å². The number of rotatable bonds is 6. The van der Waals surface area contributed by atoms with Crippen molar-refractivity contribution in [2.75, 3.05) is 4.90 Å². The van der Waals surface area contributed by atoms with Crippen LogP contribution in [0.2, 0.25) is 0 Å². The van der Waals surface area contributed by atoms with E-state index in [9.17, 15) is 0 Å². The van der Waals surface area contributed by atoms with E-state index in [-0.39, 0.29) is 0 Å². The van der Waals surface area contributed by atoms with Gasteiger partial charge in [0.2, 0.25) is 0 Å². The summed E-state index contributed by atoms with van der Waals surface area (Å²) in [6, 6.07) is 61.4. The molecular weight excluding hydrogens is 581 g/mol. The summed E-state index contributed by atoms with van der Waals surface area (Å²) < 4.78 is 2.51. The van der Waals surface area contributed by atoms with Crippen molar-refractivity contribution < 1.29 is 0 Å². The molecule has 1 aliphatic carbocycles. The minimum atomic E-state index is 1.04. The normalized spacial score (nSPS) is 12.3. The van der Waals surface area contributed by atoms with Crippen molar-refractivity contribution >= 4 is 44.8 Å². The third-order valence-corrected chi connectivity index (χ3v) is 9.64. The molecule has 48 heavy (non-hydrogen) atoms. The smallest absolute Gasteiger partial charge is 0.0616 e. The van der Waals surface area contributed by atoms with Gasteiger partial charge in [-0.1, -0.05) is 127 Å². The summed E-state index contributed by atoms with van der Waals surface area (Å²) in [5, 5.41) is 3.89. The maximum atomic E-state index is 2.51. The van der Waals surface area contributed by atoms with E-state index in [1.807, 2.05) is 0 Å². The highest BCUT2D eigenvalue weighted by Gasteiger charge is 2.21. The van der Waals surface area contributed by atoms with E-state index in [4.69, 9.17) is 0 Å². The van der Waals surface area contributed by atoms with Crippen LogP contribution in [0.15, 0.2) is 176 Å². The van der Waals surface area contributed by atoms with Crippen molar-refractivity contribution in [3.05, 3.63) is 187 Å². The van der Waals surface area contributed by atoms with Gasteiger partial charge in [-0.25, -0.2) is 0 Å².